The lowest BCUT2D eigenvalue weighted by Gasteiger charge is -2.26. The summed E-state index contributed by atoms with van der Waals surface area (Å²) in [6, 6.07) is 4.24. The van der Waals surface area contributed by atoms with Gasteiger partial charge in [0.1, 0.15) is 11.6 Å². The molecule has 0 N–H and O–H groups in total. The van der Waals surface area contributed by atoms with Gasteiger partial charge in [0.05, 0.1) is 12.7 Å². The van der Waals surface area contributed by atoms with Gasteiger partial charge in [-0.3, -0.25) is 0 Å². The van der Waals surface area contributed by atoms with E-state index >= 15 is 0 Å². The van der Waals surface area contributed by atoms with Crippen molar-refractivity contribution in [2.45, 2.75) is 25.6 Å². The molecule has 0 aliphatic carbocycles. The first kappa shape index (κ1) is 22.4. The quantitative estimate of drug-likeness (QED) is 0.504. The Labute approximate surface area is 173 Å². The average molecular weight is 445 g/mol. The van der Waals surface area contributed by atoms with E-state index in [1.165, 1.54) is 44.7 Å². The standard InChI is InChI=1S/C20H17F6N3O2/c1-19(2,31-16-14(22)7-10(21)8-15(16)23)18-28-27-17(29(18)3)12-6-5-11(30-4)9-13(12)20(24,25)26/h5-9H,1-4H3. The van der Waals surface area contributed by atoms with Crippen molar-refractivity contribution < 1.29 is 35.8 Å². The van der Waals surface area contributed by atoms with Crippen molar-refractivity contribution in [1.82, 2.24) is 14.8 Å². The van der Waals surface area contributed by atoms with Crippen molar-refractivity contribution in [3.05, 3.63) is 59.2 Å². The highest BCUT2D eigenvalue weighted by molar-refractivity contribution is 5.63. The number of benzene rings is 2. The molecule has 3 rings (SSSR count). The second kappa shape index (κ2) is 7.78. The van der Waals surface area contributed by atoms with Crippen LogP contribution in [-0.2, 0) is 18.8 Å². The Balaban J connectivity index is 2.06. The first-order chi connectivity index (χ1) is 14.3. The number of rotatable bonds is 5. The van der Waals surface area contributed by atoms with Crippen LogP contribution in [-0.4, -0.2) is 21.9 Å². The van der Waals surface area contributed by atoms with Crippen molar-refractivity contribution in [3.63, 3.8) is 0 Å². The summed E-state index contributed by atoms with van der Waals surface area (Å²) in [5.41, 5.74) is -2.81. The number of hydrogen-bond donors (Lipinski definition) is 0. The molecule has 0 saturated carbocycles. The van der Waals surface area contributed by atoms with Gasteiger partial charge in [-0.2, -0.15) is 13.2 Å². The van der Waals surface area contributed by atoms with Crippen LogP contribution in [0.4, 0.5) is 26.3 Å². The lowest BCUT2D eigenvalue weighted by atomic mass is 10.1. The molecule has 31 heavy (non-hydrogen) atoms. The summed E-state index contributed by atoms with van der Waals surface area (Å²) >= 11 is 0. The van der Waals surface area contributed by atoms with Crippen LogP contribution in [0, 0.1) is 17.5 Å². The molecular weight excluding hydrogens is 428 g/mol. The Bertz CT molecular complexity index is 1100. The van der Waals surface area contributed by atoms with E-state index in [2.05, 4.69) is 10.2 Å². The van der Waals surface area contributed by atoms with E-state index in [0.717, 1.165) is 6.07 Å². The molecule has 0 radical (unpaired) electrons. The summed E-state index contributed by atoms with van der Waals surface area (Å²) in [6.45, 7) is 2.78. The molecule has 0 aliphatic heterocycles. The van der Waals surface area contributed by atoms with Gasteiger partial charge in [-0.1, -0.05) is 0 Å². The second-order valence-corrected chi connectivity index (χ2v) is 7.13. The van der Waals surface area contributed by atoms with Crippen molar-refractivity contribution in [2.75, 3.05) is 7.11 Å². The van der Waals surface area contributed by atoms with Gasteiger partial charge in [0, 0.05) is 24.7 Å². The lowest BCUT2D eigenvalue weighted by Crippen LogP contribution is -2.30. The van der Waals surface area contributed by atoms with E-state index in [1.807, 2.05) is 0 Å². The lowest BCUT2D eigenvalue weighted by molar-refractivity contribution is -0.137. The molecule has 11 heteroatoms. The maximum Gasteiger partial charge on any atom is 0.417 e. The van der Waals surface area contributed by atoms with E-state index in [4.69, 9.17) is 9.47 Å². The Morgan fingerprint density at radius 1 is 0.935 bits per heavy atom. The first-order valence-corrected chi connectivity index (χ1v) is 8.84. The zero-order chi connectivity index (χ0) is 23.1. The van der Waals surface area contributed by atoms with Crippen LogP contribution in [0.5, 0.6) is 11.5 Å². The van der Waals surface area contributed by atoms with Crippen molar-refractivity contribution >= 4 is 0 Å². The molecule has 2 aromatic carbocycles. The largest absolute Gasteiger partial charge is 0.497 e. The summed E-state index contributed by atoms with van der Waals surface area (Å²) in [4.78, 5) is 0. The highest BCUT2D eigenvalue weighted by Crippen LogP contribution is 2.39. The van der Waals surface area contributed by atoms with Gasteiger partial charge in [0.15, 0.2) is 34.6 Å². The Morgan fingerprint density at radius 2 is 1.55 bits per heavy atom. The zero-order valence-electron chi connectivity index (χ0n) is 16.8. The Morgan fingerprint density at radius 3 is 2.10 bits per heavy atom. The number of ether oxygens (including phenoxy) is 2. The zero-order valence-corrected chi connectivity index (χ0v) is 16.8. The third-order valence-corrected chi connectivity index (χ3v) is 4.51. The number of hydrogen-bond acceptors (Lipinski definition) is 4. The van der Waals surface area contributed by atoms with Crippen LogP contribution in [0.3, 0.4) is 0 Å². The molecule has 0 bridgehead atoms. The van der Waals surface area contributed by atoms with Gasteiger partial charge in [0.2, 0.25) is 0 Å². The summed E-state index contributed by atoms with van der Waals surface area (Å²) in [5.74, 6) is -4.69. The smallest absolute Gasteiger partial charge is 0.417 e. The molecule has 0 spiro atoms. The molecule has 0 amide bonds. The van der Waals surface area contributed by atoms with Gasteiger partial charge in [-0.15, -0.1) is 10.2 Å². The monoisotopic (exact) mass is 445 g/mol. The molecule has 5 nitrogen and oxygen atoms in total. The average Bonchev–Trinajstić information content (AvgIpc) is 3.05. The van der Waals surface area contributed by atoms with Gasteiger partial charge in [-0.25, -0.2) is 13.2 Å². The van der Waals surface area contributed by atoms with Crippen LogP contribution in [0.1, 0.15) is 25.2 Å². The van der Waals surface area contributed by atoms with E-state index in [-0.39, 0.29) is 23.0 Å². The van der Waals surface area contributed by atoms with E-state index < -0.39 is 40.5 Å². The molecule has 1 heterocycles. The first-order valence-electron chi connectivity index (χ1n) is 8.84. The molecule has 0 saturated heterocycles. The van der Waals surface area contributed by atoms with Crippen LogP contribution in [0.15, 0.2) is 30.3 Å². The van der Waals surface area contributed by atoms with E-state index in [0.29, 0.717) is 12.1 Å². The maximum atomic E-state index is 14.0. The molecule has 1 aromatic heterocycles. The summed E-state index contributed by atoms with van der Waals surface area (Å²) in [5, 5.41) is 7.70. The van der Waals surface area contributed by atoms with E-state index in [9.17, 15) is 26.3 Å². The highest BCUT2D eigenvalue weighted by Gasteiger charge is 2.37. The summed E-state index contributed by atoms with van der Waals surface area (Å²) in [6.07, 6.45) is -4.71. The van der Waals surface area contributed by atoms with Crippen LogP contribution in [0.2, 0.25) is 0 Å². The molecule has 0 unspecified atom stereocenters. The van der Waals surface area contributed by atoms with Gasteiger partial charge < -0.3 is 14.0 Å². The predicted molar refractivity (Wildman–Crippen MR) is 98.0 cm³/mol. The van der Waals surface area contributed by atoms with Gasteiger partial charge in [-0.05, 0) is 32.0 Å². The number of alkyl halides is 3. The molecule has 0 aliphatic rings. The number of methoxy groups -OCH3 is 1. The number of halogens is 6. The molecule has 0 atom stereocenters. The third kappa shape index (κ3) is 4.30. The highest BCUT2D eigenvalue weighted by atomic mass is 19.4. The summed E-state index contributed by atoms with van der Waals surface area (Å²) < 4.78 is 93.4. The second-order valence-electron chi connectivity index (χ2n) is 7.13. The number of aromatic nitrogens is 3. The van der Waals surface area contributed by atoms with Crippen molar-refractivity contribution in [1.29, 1.82) is 0 Å². The van der Waals surface area contributed by atoms with Crippen LogP contribution in [0.25, 0.3) is 11.4 Å². The maximum absolute atomic E-state index is 14.0. The minimum atomic E-state index is -4.71. The predicted octanol–water partition coefficient (Wildman–Crippen LogP) is 5.24. The topological polar surface area (TPSA) is 49.2 Å². The van der Waals surface area contributed by atoms with Crippen LogP contribution < -0.4 is 9.47 Å². The molecule has 3 aromatic rings. The molecular formula is C20H17F6N3O2. The minimum absolute atomic E-state index is 0.00407. The summed E-state index contributed by atoms with van der Waals surface area (Å²) in [7, 11) is 2.63. The number of nitrogens with zero attached hydrogens (tertiary/aromatic N) is 3. The normalized spacial score (nSPS) is 12.2. The fourth-order valence-electron chi connectivity index (χ4n) is 3.10. The Kier molecular flexibility index (Phi) is 5.64. The van der Waals surface area contributed by atoms with Gasteiger partial charge in [0.25, 0.3) is 0 Å². The SMILES string of the molecule is COc1ccc(-c2nnc(C(C)(C)Oc3c(F)cc(F)cc3F)n2C)c(C(F)(F)F)c1. The Hall–Kier alpha value is -3.24. The van der Waals surface area contributed by atoms with Crippen LogP contribution >= 0.6 is 0 Å². The van der Waals surface area contributed by atoms with Crippen molar-refractivity contribution in [2.24, 2.45) is 7.05 Å². The minimum Gasteiger partial charge on any atom is -0.497 e. The molecule has 166 valence electrons. The fraction of sp³-hybridized carbons (Fsp3) is 0.300. The van der Waals surface area contributed by atoms with Gasteiger partial charge >= 0.3 is 6.18 Å². The molecule has 0 fully saturated rings. The fourth-order valence-corrected chi connectivity index (χ4v) is 3.10. The van der Waals surface area contributed by atoms with E-state index in [1.54, 1.807) is 0 Å². The van der Waals surface area contributed by atoms with Crippen molar-refractivity contribution in [3.8, 4) is 22.9 Å². The third-order valence-electron chi connectivity index (χ3n) is 4.51.